The highest BCUT2D eigenvalue weighted by atomic mass is 16.3. The summed E-state index contributed by atoms with van der Waals surface area (Å²) in [5.74, 6) is 6.71. The van der Waals surface area contributed by atoms with Gasteiger partial charge in [0.2, 0.25) is 0 Å². The Kier molecular flexibility index (Phi) is 5.26. The molecule has 96 valence electrons. The van der Waals surface area contributed by atoms with Crippen molar-refractivity contribution in [1.29, 1.82) is 0 Å². The molecule has 0 bridgehead atoms. The third-order valence-corrected chi connectivity index (χ3v) is 3.60. The molecule has 0 radical (unpaired) electrons. The summed E-state index contributed by atoms with van der Waals surface area (Å²) in [6, 6.07) is 10.5. The monoisotopic (exact) mass is 243 g/mol. The second-order valence-electron chi connectivity index (χ2n) is 4.88. The van der Waals surface area contributed by atoms with Crippen LogP contribution in [-0.4, -0.2) is 24.3 Å². The fraction of sp³-hybridized carbons (Fsp3) is 0.500. The van der Waals surface area contributed by atoms with Crippen LogP contribution in [0.2, 0.25) is 0 Å². The van der Waals surface area contributed by atoms with Crippen molar-refractivity contribution in [2.45, 2.75) is 31.7 Å². The van der Waals surface area contributed by atoms with Crippen LogP contribution in [0.15, 0.2) is 30.3 Å². The third-order valence-electron chi connectivity index (χ3n) is 3.60. The van der Waals surface area contributed by atoms with Gasteiger partial charge in [0, 0.05) is 18.2 Å². The molecule has 2 unspecified atom stereocenters. The number of hydrogen-bond donors (Lipinski definition) is 2. The summed E-state index contributed by atoms with van der Waals surface area (Å²) in [4.78, 5) is 0. The predicted molar refractivity (Wildman–Crippen MR) is 74.2 cm³/mol. The summed E-state index contributed by atoms with van der Waals surface area (Å²) >= 11 is 0. The summed E-state index contributed by atoms with van der Waals surface area (Å²) in [6.45, 7) is 1.000. The zero-order valence-corrected chi connectivity index (χ0v) is 10.7. The van der Waals surface area contributed by atoms with Crippen LogP contribution in [0, 0.1) is 17.8 Å². The molecule has 0 amide bonds. The van der Waals surface area contributed by atoms with Crippen LogP contribution in [0.3, 0.4) is 0 Å². The summed E-state index contributed by atoms with van der Waals surface area (Å²) in [5, 5.41) is 12.8. The van der Waals surface area contributed by atoms with Gasteiger partial charge in [-0.1, -0.05) is 42.9 Å². The molecule has 2 atom stereocenters. The average Bonchev–Trinajstić information content (AvgIpc) is 2.45. The highest BCUT2D eigenvalue weighted by Crippen LogP contribution is 2.23. The zero-order chi connectivity index (χ0) is 12.6. The molecule has 1 aliphatic rings. The van der Waals surface area contributed by atoms with Gasteiger partial charge in [-0.05, 0) is 30.9 Å². The second-order valence-corrected chi connectivity index (χ2v) is 4.88. The van der Waals surface area contributed by atoms with E-state index < -0.39 is 0 Å². The quantitative estimate of drug-likeness (QED) is 0.798. The standard InChI is InChI=1S/C16H21NO/c18-13-15-10-4-5-11-16(15)17-12-6-9-14-7-2-1-3-8-14/h1-3,7-8,15-18H,4-5,10-13H2. The largest absolute Gasteiger partial charge is 0.396 e. The van der Waals surface area contributed by atoms with Crippen LogP contribution in [0.5, 0.6) is 0 Å². The number of aliphatic hydroxyl groups excluding tert-OH is 1. The van der Waals surface area contributed by atoms with Crippen molar-refractivity contribution in [3.8, 4) is 11.8 Å². The molecule has 2 rings (SSSR count). The van der Waals surface area contributed by atoms with Gasteiger partial charge in [-0.15, -0.1) is 0 Å². The molecule has 0 spiro atoms. The first-order valence-electron chi connectivity index (χ1n) is 6.78. The fourth-order valence-electron chi connectivity index (χ4n) is 2.54. The summed E-state index contributed by atoms with van der Waals surface area (Å²) < 4.78 is 0. The minimum Gasteiger partial charge on any atom is -0.396 e. The van der Waals surface area contributed by atoms with Crippen molar-refractivity contribution in [1.82, 2.24) is 5.32 Å². The third kappa shape index (κ3) is 3.87. The molecule has 0 heterocycles. The smallest absolute Gasteiger partial charge is 0.0582 e. The van der Waals surface area contributed by atoms with Gasteiger partial charge in [0.1, 0.15) is 0 Å². The Labute approximate surface area is 109 Å². The summed E-state index contributed by atoms with van der Waals surface area (Å²) in [5.41, 5.74) is 1.06. The molecule has 0 saturated heterocycles. The van der Waals surface area contributed by atoms with Crippen LogP contribution in [0.25, 0.3) is 0 Å². The van der Waals surface area contributed by atoms with Gasteiger partial charge in [-0.3, -0.25) is 0 Å². The van der Waals surface area contributed by atoms with Gasteiger partial charge < -0.3 is 10.4 Å². The van der Waals surface area contributed by atoms with Gasteiger partial charge in [0.15, 0.2) is 0 Å². The fourth-order valence-corrected chi connectivity index (χ4v) is 2.54. The Morgan fingerprint density at radius 2 is 1.94 bits per heavy atom. The first-order valence-corrected chi connectivity index (χ1v) is 6.78. The van der Waals surface area contributed by atoms with Crippen LogP contribution < -0.4 is 5.32 Å². The predicted octanol–water partition coefficient (Wildman–Crippen LogP) is 2.18. The van der Waals surface area contributed by atoms with E-state index in [4.69, 9.17) is 0 Å². The number of hydrogen-bond acceptors (Lipinski definition) is 2. The molecule has 0 aliphatic heterocycles. The molecule has 1 fully saturated rings. The van der Waals surface area contributed by atoms with Crippen LogP contribution in [0.1, 0.15) is 31.2 Å². The van der Waals surface area contributed by atoms with E-state index in [9.17, 15) is 5.11 Å². The molecule has 0 aromatic heterocycles. The Balaban J connectivity index is 1.79. The van der Waals surface area contributed by atoms with Crippen molar-refractivity contribution in [2.24, 2.45) is 5.92 Å². The molecule has 1 saturated carbocycles. The highest BCUT2D eigenvalue weighted by Gasteiger charge is 2.23. The Morgan fingerprint density at radius 1 is 1.17 bits per heavy atom. The molecule has 2 nitrogen and oxygen atoms in total. The first kappa shape index (κ1) is 13.1. The molecule has 1 aromatic rings. The Bertz CT molecular complexity index is 404. The van der Waals surface area contributed by atoms with Crippen LogP contribution in [0.4, 0.5) is 0 Å². The molecule has 1 aliphatic carbocycles. The lowest BCUT2D eigenvalue weighted by molar-refractivity contribution is 0.155. The lowest BCUT2D eigenvalue weighted by Gasteiger charge is -2.30. The van der Waals surface area contributed by atoms with Gasteiger partial charge in [-0.25, -0.2) is 0 Å². The zero-order valence-electron chi connectivity index (χ0n) is 10.7. The lowest BCUT2D eigenvalue weighted by atomic mass is 9.85. The molecule has 2 N–H and O–H groups in total. The number of benzene rings is 1. The van der Waals surface area contributed by atoms with E-state index in [-0.39, 0.29) is 0 Å². The van der Waals surface area contributed by atoms with Gasteiger partial charge in [-0.2, -0.15) is 0 Å². The van der Waals surface area contributed by atoms with E-state index in [2.05, 4.69) is 17.2 Å². The SMILES string of the molecule is OCC1CCCCC1NCC#Cc1ccccc1. The van der Waals surface area contributed by atoms with Crippen molar-refractivity contribution in [2.75, 3.05) is 13.2 Å². The van der Waals surface area contributed by atoms with Crippen molar-refractivity contribution in [3.05, 3.63) is 35.9 Å². The van der Waals surface area contributed by atoms with Gasteiger partial charge in [0.25, 0.3) is 0 Å². The molecule has 2 heteroatoms. The average molecular weight is 243 g/mol. The van der Waals surface area contributed by atoms with E-state index in [0.29, 0.717) is 25.1 Å². The minimum absolute atomic E-state index is 0.295. The minimum atomic E-state index is 0.295. The van der Waals surface area contributed by atoms with Crippen LogP contribution >= 0.6 is 0 Å². The van der Waals surface area contributed by atoms with Crippen molar-refractivity contribution >= 4 is 0 Å². The maximum Gasteiger partial charge on any atom is 0.0582 e. The van der Waals surface area contributed by atoms with Gasteiger partial charge in [0.05, 0.1) is 6.54 Å². The second kappa shape index (κ2) is 7.20. The first-order chi connectivity index (χ1) is 8.90. The van der Waals surface area contributed by atoms with Gasteiger partial charge >= 0.3 is 0 Å². The molecule has 18 heavy (non-hydrogen) atoms. The maximum atomic E-state index is 9.32. The summed E-state index contributed by atoms with van der Waals surface area (Å²) in [7, 11) is 0. The van der Waals surface area contributed by atoms with Crippen molar-refractivity contribution in [3.63, 3.8) is 0 Å². The van der Waals surface area contributed by atoms with E-state index in [0.717, 1.165) is 18.4 Å². The number of rotatable bonds is 3. The topological polar surface area (TPSA) is 32.3 Å². The normalized spacial score (nSPS) is 23.2. The van der Waals surface area contributed by atoms with Crippen molar-refractivity contribution < 1.29 is 5.11 Å². The molecular weight excluding hydrogens is 222 g/mol. The lowest BCUT2D eigenvalue weighted by Crippen LogP contribution is -2.40. The van der Waals surface area contributed by atoms with E-state index >= 15 is 0 Å². The molecular formula is C16H21NO. The van der Waals surface area contributed by atoms with E-state index in [1.165, 1.54) is 12.8 Å². The highest BCUT2D eigenvalue weighted by molar-refractivity contribution is 5.33. The van der Waals surface area contributed by atoms with Crippen LogP contribution in [-0.2, 0) is 0 Å². The van der Waals surface area contributed by atoms with E-state index in [1.807, 2.05) is 30.3 Å². The number of aliphatic hydroxyl groups is 1. The van der Waals surface area contributed by atoms with E-state index in [1.54, 1.807) is 0 Å². The Hall–Kier alpha value is -1.30. The Morgan fingerprint density at radius 3 is 2.72 bits per heavy atom. The maximum absolute atomic E-state index is 9.32. The number of nitrogens with one attached hydrogen (secondary N) is 1. The molecule has 1 aromatic carbocycles. The summed E-state index contributed by atoms with van der Waals surface area (Å²) in [6.07, 6.45) is 4.82.